The zero-order valence-electron chi connectivity index (χ0n) is 19.6. The summed E-state index contributed by atoms with van der Waals surface area (Å²) in [6.45, 7) is 2.15. The topological polar surface area (TPSA) is 67.9 Å². The number of anilines is 2. The number of ether oxygens (including phenoxy) is 2. The number of carbonyl (C=O) groups is 2. The van der Waals surface area contributed by atoms with Crippen LogP contribution in [0.5, 0.6) is 11.5 Å². The van der Waals surface area contributed by atoms with E-state index in [2.05, 4.69) is 12.2 Å². The molecule has 0 saturated carbocycles. The molecular formula is C28H28N2O4. The first-order valence-electron chi connectivity index (χ1n) is 11.3. The number of unbranched alkanes of at least 4 members (excludes halogenated alkanes) is 1. The number of nitrogens with zero attached hydrogens (tertiary/aromatic N) is 1. The van der Waals surface area contributed by atoms with E-state index in [9.17, 15) is 9.59 Å². The number of imide groups is 1. The molecule has 0 unspecified atom stereocenters. The molecule has 0 radical (unpaired) electrons. The second-order valence-electron chi connectivity index (χ2n) is 8.02. The number of aryl methyl sites for hydroxylation is 1. The largest absolute Gasteiger partial charge is 0.497 e. The number of methoxy groups -OCH3 is 2. The predicted molar refractivity (Wildman–Crippen MR) is 134 cm³/mol. The average Bonchev–Trinajstić information content (AvgIpc) is 3.11. The minimum Gasteiger partial charge on any atom is -0.497 e. The highest BCUT2D eigenvalue weighted by atomic mass is 16.5. The van der Waals surface area contributed by atoms with Crippen molar-refractivity contribution in [2.45, 2.75) is 26.2 Å². The van der Waals surface area contributed by atoms with Crippen LogP contribution in [0.3, 0.4) is 0 Å². The Kier molecular flexibility index (Phi) is 6.97. The van der Waals surface area contributed by atoms with Gasteiger partial charge in [0.05, 0.1) is 25.5 Å². The lowest BCUT2D eigenvalue weighted by atomic mass is 10.0. The fraction of sp³-hybridized carbons (Fsp3) is 0.214. The molecule has 4 rings (SSSR count). The number of hydrogen-bond acceptors (Lipinski definition) is 5. The van der Waals surface area contributed by atoms with Gasteiger partial charge in [0, 0.05) is 17.3 Å². The van der Waals surface area contributed by atoms with Crippen LogP contribution in [0.2, 0.25) is 0 Å². The maximum atomic E-state index is 13.7. The van der Waals surface area contributed by atoms with Gasteiger partial charge in [-0.3, -0.25) is 9.59 Å². The molecule has 1 aliphatic rings. The smallest absolute Gasteiger partial charge is 0.282 e. The molecule has 1 N–H and O–H groups in total. The standard InChI is InChI=1S/C28H28N2O4/c1-4-5-9-19-14-16-21(17-15-19)30-27(31)25(23-12-6-7-13-24(23)34-3)26(28(30)32)29-20-10-8-11-22(18-20)33-2/h6-8,10-18,29H,4-5,9H2,1-3H3. The Hall–Kier alpha value is -4.06. The molecule has 3 aromatic rings. The molecule has 0 aromatic heterocycles. The van der Waals surface area contributed by atoms with Gasteiger partial charge in [-0.2, -0.15) is 0 Å². The maximum Gasteiger partial charge on any atom is 0.282 e. The van der Waals surface area contributed by atoms with Crippen molar-refractivity contribution in [2.75, 3.05) is 24.4 Å². The maximum absolute atomic E-state index is 13.7. The van der Waals surface area contributed by atoms with E-state index < -0.39 is 11.8 Å². The van der Waals surface area contributed by atoms with Gasteiger partial charge in [-0.15, -0.1) is 0 Å². The monoisotopic (exact) mass is 456 g/mol. The summed E-state index contributed by atoms with van der Waals surface area (Å²) >= 11 is 0. The summed E-state index contributed by atoms with van der Waals surface area (Å²) in [4.78, 5) is 28.5. The molecular weight excluding hydrogens is 428 g/mol. The fourth-order valence-corrected chi connectivity index (χ4v) is 4.02. The molecule has 34 heavy (non-hydrogen) atoms. The van der Waals surface area contributed by atoms with Gasteiger partial charge in [0.1, 0.15) is 17.2 Å². The van der Waals surface area contributed by atoms with Crippen LogP contribution >= 0.6 is 0 Å². The van der Waals surface area contributed by atoms with Gasteiger partial charge >= 0.3 is 0 Å². The number of nitrogens with one attached hydrogen (secondary N) is 1. The van der Waals surface area contributed by atoms with Crippen molar-refractivity contribution < 1.29 is 19.1 Å². The lowest BCUT2D eigenvalue weighted by Crippen LogP contribution is -2.32. The number of amides is 2. The molecule has 6 heteroatoms. The third-order valence-electron chi connectivity index (χ3n) is 5.81. The minimum absolute atomic E-state index is 0.192. The lowest BCUT2D eigenvalue weighted by molar-refractivity contribution is -0.120. The van der Waals surface area contributed by atoms with E-state index in [0.29, 0.717) is 28.4 Å². The zero-order chi connectivity index (χ0) is 24.1. The molecule has 2 amide bonds. The third-order valence-corrected chi connectivity index (χ3v) is 5.81. The number of rotatable bonds is 9. The van der Waals surface area contributed by atoms with Crippen molar-refractivity contribution in [2.24, 2.45) is 0 Å². The van der Waals surface area contributed by atoms with E-state index >= 15 is 0 Å². The first kappa shape index (κ1) is 23.1. The van der Waals surface area contributed by atoms with Gasteiger partial charge in [-0.25, -0.2) is 4.90 Å². The summed E-state index contributed by atoms with van der Waals surface area (Å²) in [6, 6.07) is 22.0. The highest BCUT2D eigenvalue weighted by molar-refractivity contribution is 6.46. The Balaban J connectivity index is 1.77. The third kappa shape index (κ3) is 4.53. The average molecular weight is 457 g/mol. The van der Waals surface area contributed by atoms with Gasteiger partial charge in [0.25, 0.3) is 11.8 Å². The molecule has 3 aromatic carbocycles. The molecule has 1 heterocycles. The molecule has 0 aliphatic carbocycles. The highest BCUT2D eigenvalue weighted by Gasteiger charge is 2.41. The van der Waals surface area contributed by atoms with Crippen molar-refractivity contribution in [3.05, 3.63) is 89.6 Å². The van der Waals surface area contributed by atoms with Crippen LogP contribution in [0.15, 0.2) is 78.5 Å². The summed E-state index contributed by atoms with van der Waals surface area (Å²) in [5.41, 5.74) is 3.36. The molecule has 0 spiro atoms. The van der Waals surface area contributed by atoms with Gasteiger partial charge < -0.3 is 14.8 Å². The van der Waals surface area contributed by atoms with Crippen LogP contribution < -0.4 is 19.7 Å². The van der Waals surface area contributed by atoms with Gasteiger partial charge in [-0.05, 0) is 48.7 Å². The van der Waals surface area contributed by atoms with Crippen molar-refractivity contribution in [3.8, 4) is 11.5 Å². The Bertz CT molecular complexity index is 1230. The lowest BCUT2D eigenvalue weighted by Gasteiger charge is -2.16. The van der Waals surface area contributed by atoms with E-state index in [1.165, 1.54) is 10.5 Å². The molecule has 1 aliphatic heterocycles. The van der Waals surface area contributed by atoms with Crippen molar-refractivity contribution in [3.63, 3.8) is 0 Å². The molecule has 6 nitrogen and oxygen atoms in total. The number of carbonyl (C=O) groups excluding carboxylic acids is 2. The van der Waals surface area contributed by atoms with E-state index in [0.717, 1.165) is 19.3 Å². The zero-order valence-corrected chi connectivity index (χ0v) is 19.6. The summed E-state index contributed by atoms with van der Waals surface area (Å²) in [5.74, 6) is 0.331. The number of benzene rings is 3. The van der Waals surface area contributed by atoms with Crippen LogP contribution in [0.4, 0.5) is 11.4 Å². The van der Waals surface area contributed by atoms with Crippen molar-refractivity contribution in [1.29, 1.82) is 0 Å². The van der Waals surface area contributed by atoms with E-state index in [-0.39, 0.29) is 11.3 Å². The second kappa shape index (κ2) is 10.3. The summed E-state index contributed by atoms with van der Waals surface area (Å²) in [5, 5.41) is 3.17. The quantitative estimate of drug-likeness (QED) is 0.434. The highest BCUT2D eigenvalue weighted by Crippen LogP contribution is 2.37. The first-order chi connectivity index (χ1) is 16.6. The molecule has 0 fully saturated rings. The Morgan fingerprint density at radius 3 is 2.32 bits per heavy atom. The molecule has 0 bridgehead atoms. The van der Waals surface area contributed by atoms with Crippen LogP contribution in [0.1, 0.15) is 30.9 Å². The minimum atomic E-state index is -0.421. The fourth-order valence-electron chi connectivity index (χ4n) is 4.02. The SMILES string of the molecule is CCCCc1ccc(N2C(=O)C(Nc3cccc(OC)c3)=C(c3ccccc3OC)C2=O)cc1. The van der Waals surface area contributed by atoms with Crippen LogP contribution in [0.25, 0.3) is 5.57 Å². The Labute approximate surface area is 199 Å². The summed E-state index contributed by atoms with van der Waals surface area (Å²) in [6.07, 6.45) is 3.16. The first-order valence-corrected chi connectivity index (χ1v) is 11.3. The number of para-hydroxylation sites is 1. The molecule has 0 saturated heterocycles. The van der Waals surface area contributed by atoms with Gasteiger partial charge in [-0.1, -0.05) is 49.7 Å². The van der Waals surface area contributed by atoms with Crippen LogP contribution in [-0.2, 0) is 16.0 Å². The van der Waals surface area contributed by atoms with Crippen LogP contribution in [-0.4, -0.2) is 26.0 Å². The van der Waals surface area contributed by atoms with E-state index in [1.807, 2.05) is 54.6 Å². The normalized spacial score (nSPS) is 13.4. The molecule has 0 atom stereocenters. The Morgan fingerprint density at radius 1 is 0.853 bits per heavy atom. The van der Waals surface area contributed by atoms with Crippen LogP contribution in [0, 0.1) is 0 Å². The summed E-state index contributed by atoms with van der Waals surface area (Å²) < 4.78 is 10.8. The van der Waals surface area contributed by atoms with Crippen molar-refractivity contribution >= 4 is 28.8 Å². The van der Waals surface area contributed by atoms with Gasteiger partial charge in [0.2, 0.25) is 0 Å². The number of hydrogen-bond donors (Lipinski definition) is 1. The van der Waals surface area contributed by atoms with E-state index in [1.54, 1.807) is 32.4 Å². The van der Waals surface area contributed by atoms with E-state index in [4.69, 9.17) is 9.47 Å². The second-order valence-corrected chi connectivity index (χ2v) is 8.02. The predicted octanol–water partition coefficient (Wildman–Crippen LogP) is 5.44. The van der Waals surface area contributed by atoms with Crippen molar-refractivity contribution in [1.82, 2.24) is 0 Å². The molecule has 174 valence electrons. The summed E-state index contributed by atoms with van der Waals surface area (Å²) in [7, 11) is 3.12. The van der Waals surface area contributed by atoms with Gasteiger partial charge in [0.15, 0.2) is 0 Å². The Morgan fingerprint density at radius 2 is 1.62 bits per heavy atom.